The number of piperidine rings is 1. The first-order chi connectivity index (χ1) is 8.99. The number of ether oxygens (including phenoxy) is 1. The molecule has 0 aromatic rings. The second-order valence-electron chi connectivity index (χ2n) is 5.57. The lowest BCUT2D eigenvalue weighted by molar-refractivity contribution is -0.147. The maximum atomic E-state index is 11.9. The molecular weight excluding hydrogens is 244 g/mol. The Kier molecular flexibility index (Phi) is 6.67. The zero-order chi connectivity index (χ0) is 14.3. The highest BCUT2D eigenvalue weighted by atomic mass is 16.5. The number of urea groups is 1. The van der Waals surface area contributed by atoms with E-state index < -0.39 is 0 Å². The standard InChI is InChI=1S/C14H26N2O3/c1-11(2)19-13(17)7-4-8-15-14(18)16-9-5-6-12(3)10-16/h11-12H,4-10H2,1-3H3,(H,15,18)/t12-/m0/s1. The average molecular weight is 270 g/mol. The zero-order valence-electron chi connectivity index (χ0n) is 12.3. The van der Waals surface area contributed by atoms with Crippen LogP contribution in [0.15, 0.2) is 0 Å². The molecule has 19 heavy (non-hydrogen) atoms. The van der Waals surface area contributed by atoms with E-state index in [0.29, 0.717) is 25.3 Å². The lowest BCUT2D eigenvalue weighted by Gasteiger charge is -2.30. The third kappa shape index (κ3) is 6.45. The highest BCUT2D eigenvalue weighted by Crippen LogP contribution is 2.15. The van der Waals surface area contributed by atoms with Gasteiger partial charge in [0, 0.05) is 26.1 Å². The molecule has 0 aliphatic carbocycles. The lowest BCUT2D eigenvalue weighted by Crippen LogP contribution is -2.45. The van der Waals surface area contributed by atoms with Gasteiger partial charge < -0.3 is 15.0 Å². The molecule has 5 heteroatoms. The van der Waals surface area contributed by atoms with Crippen LogP contribution in [-0.4, -0.2) is 42.6 Å². The Morgan fingerprint density at radius 3 is 2.79 bits per heavy atom. The van der Waals surface area contributed by atoms with Crippen molar-refractivity contribution in [2.45, 2.75) is 52.6 Å². The van der Waals surface area contributed by atoms with Gasteiger partial charge in [-0.15, -0.1) is 0 Å². The van der Waals surface area contributed by atoms with Gasteiger partial charge in [-0.1, -0.05) is 6.92 Å². The summed E-state index contributed by atoms with van der Waals surface area (Å²) in [4.78, 5) is 25.0. The maximum absolute atomic E-state index is 11.9. The molecule has 1 N–H and O–H groups in total. The van der Waals surface area contributed by atoms with E-state index in [2.05, 4.69) is 12.2 Å². The number of amides is 2. The van der Waals surface area contributed by atoms with E-state index in [1.165, 1.54) is 6.42 Å². The molecule has 0 unspecified atom stereocenters. The largest absolute Gasteiger partial charge is 0.463 e. The Hall–Kier alpha value is -1.26. The van der Waals surface area contributed by atoms with Crippen LogP contribution in [0.4, 0.5) is 4.79 Å². The lowest BCUT2D eigenvalue weighted by atomic mass is 10.0. The maximum Gasteiger partial charge on any atom is 0.317 e. The van der Waals surface area contributed by atoms with Crippen molar-refractivity contribution in [2.24, 2.45) is 5.92 Å². The van der Waals surface area contributed by atoms with Crippen LogP contribution >= 0.6 is 0 Å². The summed E-state index contributed by atoms with van der Waals surface area (Å²) >= 11 is 0. The fourth-order valence-corrected chi connectivity index (χ4v) is 2.24. The Bertz CT molecular complexity index is 305. The summed E-state index contributed by atoms with van der Waals surface area (Å²) in [5.41, 5.74) is 0. The third-order valence-corrected chi connectivity index (χ3v) is 3.15. The first kappa shape index (κ1) is 15.8. The monoisotopic (exact) mass is 270 g/mol. The molecular formula is C14H26N2O3. The summed E-state index contributed by atoms with van der Waals surface area (Å²) in [6, 6.07) is -0.0104. The molecule has 1 rings (SSSR count). The number of nitrogens with zero attached hydrogens (tertiary/aromatic N) is 1. The number of esters is 1. The van der Waals surface area contributed by atoms with Crippen LogP contribution in [0.5, 0.6) is 0 Å². The third-order valence-electron chi connectivity index (χ3n) is 3.15. The van der Waals surface area contributed by atoms with Gasteiger partial charge in [0.1, 0.15) is 0 Å². The summed E-state index contributed by atoms with van der Waals surface area (Å²) in [7, 11) is 0. The second kappa shape index (κ2) is 8.02. The van der Waals surface area contributed by atoms with Crippen LogP contribution in [0.1, 0.15) is 46.5 Å². The number of carbonyl (C=O) groups is 2. The van der Waals surface area contributed by atoms with E-state index >= 15 is 0 Å². The quantitative estimate of drug-likeness (QED) is 0.615. The Labute approximate surface area is 115 Å². The van der Waals surface area contributed by atoms with E-state index in [0.717, 1.165) is 19.5 Å². The van der Waals surface area contributed by atoms with Gasteiger partial charge in [-0.2, -0.15) is 0 Å². The molecule has 1 aliphatic rings. The van der Waals surface area contributed by atoms with Gasteiger partial charge in [0.15, 0.2) is 0 Å². The molecule has 1 saturated heterocycles. The molecule has 1 aliphatic heterocycles. The van der Waals surface area contributed by atoms with E-state index in [1.54, 1.807) is 0 Å². The van der Waals surface area contributed by atoms with Crippen molar-refractivity contribution in [1.82, 2.24) is 10.2 Å². The van der Waals surface area contributed by atoms with Gasteiger partial charge in [-0.05, 0) is 39.0 Å². The summed E-state index contributed by atoms with van der Waals surface area (Å²) in [6.45, 7) is 8.03. The first-order valence-electron chi connectivity index (χ1n) is 7.21. The predicted octanol–water partition coefficient (Wildman–Crippen LogP) is 2.16. The number of rotatable bonds is 5. The number of likely N-dealkylation sites (tertiary alicyclic amines) is 1. The number of hydrogen-bond donors (Lipinski definition) is 1. The molecule has 5 nitrogen and oxygen atoms in total. The summed E-state index contributed by atoms with van der Waals surface area (Å²) < 4.78 is 5.03. The van der Waals surface area contributed by atoms with Gasteiger partial charge in [-0.3, -0.25) is 4.79 Å². The van der Waals surface area contributed by atoms with E-state index in [4.69, 9.17) is 4.74 Å². The summed E-state index contributed by atoms with van der Waals surface area (Å²) in [5.74, 6) is 0.386. The smallest absolute Gasteiger partial charge is 0.317 e. The molecule has 2 amide bonds. The van der Waals surface area contributed by atoms with Gasteiger partial charge >= 0.3 is 12.0 Å². The second-order valence-corrected chi connectivity index (χ2v) is 5.57. The minimum Gasteiger partial charge on any atom is -0.463 e. The molecule has 0 radical (unpaired) electrons. The number of carbonyl (C=O) groups excluding carboxylic acids is 2. The van der Waals surface area contributed by atoms with Crippen LogP contribution < -0.4 is 5.32 Å². The van der Waals surface area contributed by atoms with Crippen molar-refractivity contribution >= 4 is 12.0 Å². The molecule has 0 aromatic heterocycles. The highest BCUT2D eigenvalue weighted by Gasteiger charge is 2.20. The van der Waals surface area contributed by atoms with Crippen molar-refractivity contribution < 1.29 is 14.3 Å². The van der Waals surface area contributed by atoms with E-state index in [-0.39, 0.29) is 18.1 Å². The zero-order valence-corrected chi connectivity index (χ0v) is 12.3. The van der Waals surface area contributed by atoms with Crippen LogP contribution in [0, 0.1) is 5.92 Å². The molecule has 0 saturated carbocycles. The van der Waals surface area contributed by atoms with Crippen molar-refractivity contribution in [3.05, 3.63) is 0 Å². The first-order valence-corrected chi connectivity index (χ1v) is 7.21. The van der Waals surface area contributed by atoms with Crippen molar-refractivity contribution in [3.8, 4) is 0 Å². The number of hydrogen-bond acceptors (Lipinski definition) is 3. The van der Waals surface area contributed by atoms with E-state index in [1.807, 2.05) is 18.7 Å². The minimum atomic E-state index is -0.198. The Morgan fingerprint density at radius 2 is 2.16 bits per heavy atom. The van der Waals surface area contributed by atoms with Gasteiger partial charge in [0.2, 0.25) is 0 Å². The van der Waals surface area contributed by atoms with Crippen molar-refractivity contribution in [3.63, 3.8) is 0 Å². The Balaban J connectivity index is 2.11. The molecule has 1 atom stereocenters. The van der Waals surface area contributed by atoms with Gasteiger partial charge in [0.05, 0.1) is 6.10 Å². The molecule has 1 heterocycles. The predicted molar refractivity (Wildman–Crippen MR) is 73.8 cm³/mol. The van der Waals surface area contributed by atoms with Gasteiger partial charge in [0.25, 0.3) is 0 Å². The Morgan fingerprint density at radius 1 is 1.42 bits per heavy atom. The van der Waals surface area contributed by atoms with Gasteiger partial charge in [-0.25, -0.2) is 4.79 Å². The van der Waals surface area contributed by atoms with E-state index in [9.17, 15) is 9.59 Å². The van der Waals surface area contributed by atoms with Crippen LogP contribution in [-0.2, 0) is 9.53 Å². The minimum absolute atomic E-state index is 0.0104. The molecule has 110 valence electrons. The summed E-state index contributed by atoms with van der Waals surface area (Å²) in [6.07, 6.45) is 3.19. The van der Waals surface area contributed by atoms with Crippen molar-refractivity contribution in [2.75, 3.05) is 19.6 Å². The summed E-state index contributed by atoms with van der Waals surface area (Å²) in [5, 5.41) is 2.86. The topological polar surface area (TPSA) is 58.6 Å². The van der Waals surface area contributed by atoms with Crippen molar-refractivity contribution in [1.29, 1.82) is 0 Å². The molecule has 1 fully saturated rings. The van der Waals surface area contributed by atoms with Crippen LogP contribution in [0.3, 0.4) is 0 Å². The SMILES string of the molecule is CC(C)OC(=O)CCCNC(=O)N1CCC[C@H](C)C1. The fourth-order valence-electron chi connectivity index (χ4n) is 2.24. The molecule has 0 bridgehead atoms. The molecule has 0 aromatic carbocycles. The van der Waals surface area contributed by atoms with Crippen LogP contribution in [0.25, 0.3) is 0 Å². The fraction of sp³-hybridized carbons (Fsp3) is 0.857. The highest BCUT2D eigenvalue weighted by molar-refractivity contribution is 5.74. The normalized spacial score (nSPS) is 19.4. The average Bonchev–Trinajstić information content (AvgIpc) is 2.33. The number of nitrogens with one attached hydrogen (secondary N) is 1. The van der Waals surface area contributed by atoms with Crippen LogP contribution in [0.2, 0.25) is 0 Å². The molecule has 0 spiro atoms.